The van der Waals surface area contributed by atoms with E-state index in [0.717, 1.165) is 17.8 Å². The third kappa shape index (κ3) is 3.80. The summed E-state index contributed by atoms with van der Waals surface area (Å²) in [6.07, 6.45) is 3.96. The van der Waals surface area contributed by atoms with Crippen LogP contribution in [0.3, 0.4) is 0 Å². The van der Waals surface area contributed by atoms with Crippen LogP contribution in [0.4, 0.5) is 0 Å². The van der Waals surface area contributed by atoms with E-state index < -0.39 is 17.7 Å². The molecule has 0 aromatic carbocycles. The van der Waals surface area contributed by atoms with Gasteiger partial charge in [0.05, 0.1) is 22.9 Å². The first-order valence-electron chi connectivity index (χ1n) is 9.57. The van der Waals surface area contributed by atoms with Gasteiger partial charge in [0.25, 0.3) is 11.7 Å². The molecule has 154 valence electrons. The molecule has 0 unspecified atom stereocenters. The molecule has 0 bridgehead atoms. The average Bonchev–Trinajstić information content (AvgIpc) is 3.08. The third-order valence-corrected chi connectivity index (χ3v) is 5.31. The van der Waals surface area contributed by atoms with Gasteiger partial charge in [-0.1, -0.05) is 0 Å². The number of aryl methyl sites for hydroxylation is 2. The van der Waals surface area contributed by atoms with E-state index in [-0.39, 0.29) is 11.3 Å². The lowest BCUT2D eigenvalue weighted by Crippen LogP contribution is -2.32. The van der Waals surface area contributed by atoms with Crippen molar-refractivity contribution in [1.82, 2.24) is 24.6 Å². The molecule has 1 amide bonds. The van der Waals surface area contributed by atoms with Crippen LogP contribution in [0.15, 0.2) is 30.1 Å². The Kier molecular flexibility index (Phi) is 5.83. The Morgan fingerprint density at radius 2 is 1.86 bits per heavy atom. The number of amides is 1. The first-order valence-corrected chi connectivity index (χ1v) is 9.57. The molecule has 8 nitrogen and oxygen atoms in total. The number of aliphatic hydroxyl groups is 1. The van der Waals surface area contributed by atoms with Crippen LogP contribution in [-0.2, 0) is 16.6 Å². The molecule has 3 heterocycles. The second kappa shape index (κ2) is 8.16. The molecule has 2 aromatic heterocycles. The summed E-state index contributed by atoms with van der Waals surface area (Å²) in [4.78, 5) is 33.5. The Morgan fingerprint density at radius 1 is 1.21 bits per heavy atom. The normalized spacial score (nSPS) is 18.8. The summed E-state index contributed by atoms with van der Waals surface area (Å²) in [6.45, 7) is 4.80. The number of carbonyl (C=O) groups is 2. The third-order valence-electron chi connectivity index (χ3n) is 5.31. The van der Waals surface area contributed by atoms with Crippen molar-refractivity contribution in [2.75, 3.05) is 27.2 Å². The first kappa shape index (κ1) is 20.7. The van der Waals surface area contributed by atoms with Gasteiger partial charge in [-0.15, -0.1) is 0 Å². The molecule has 1 fully saturated rings. The summed E-state index contributed by atoms with van der Waals surface area (Å²) in [5, 5.41) is 15.5. The summed E-state index contributed by atoms with van der Waals surface area (Å²) in [5.41, 5.74) is 2.68. The molecule has 1 N–H and O–H groups in total. The fraction of sp³-hybridized carbons (Fsp3) is 0.429. The van der Waals surface area contributed by atoms with Crippen molar-refractivity contribution in [3.05, 3.63) is 52.6 Å². The number of aliphatic hydroxyl groups excluding tert-OH is 1. The summed E-state index contributed by atoms with van der Waals surface area (Å²) in [7, 11) is 5.70. The van der Waals surface area contributed by atoms with E-state index in [9.17, 15) is 14.7 Å². The van der Waals surface area contributed by atoms with E-state index in [1.807, 2.05) is 25.9 Å². The van der Waals surface area contributed by atoms with Crippen molar-refractivity contribution in [2.45, 2.75) is 26.3 Å². The molecule has 0 aliphatic carbocycles. The molecule has 1 atom stereocenters. The van der Waals surface area contributed by atoms with Crippen molar-refractivity contribution < 1.29 is 14.7 Å². The summed E-state index contributed by atoms with van der Waals surface area (Å²) < 4.78 is 1.65. The number of carbonyl (C=O) groups excluding carboxylic acids is 2. The quantitative estimate of drug-likeness (QED) is 0.454. The summed E-state index contributed by atoms with van der Waals surface area (Å²) >= 11 is 0. The molecular weight excluding hydrogens is 370 g/mol. The Hall–Kier alpha value is -3.00. The predicted octanol–water partition coefficient (Wildman–Crippen LogP) is 1.81. The van der Waals surface area contributed by atoms with Crippen LogP contribution in [0.5, 0.6) is 0 Å². The second-order valence-electron chi connectivity index (χ2n) is 7.60. The van der Waals surface area contributed by atoms with E-state index in [1.54, 1.807) is 48.1 Å². The lowest BCUT2D eigenvalue weighted by molar-refractivity contribution is -0.139. The maximum Gasteiger partial charge on any atom is 0.295 e. The number of rotatable bonds is 6. The maximum atomic E-state index is 13.0. The summed E-state index contributed by atoms with van der Waals surface area (Å²) in [6, 6.07) is 2.89. The molecule has 2 aromatic rings. The van der Waals surface area contributed by atoms with Gasteiger partial charge < -0.3 is 14.9 Å². The molecule has 3 rings (SSSR count). The van der Waals surface area contributed by atoms with Crippen molar-refractivity contribution >= 4 is 17.4 Å². The molecule has 1 saturated heterocycles. The topological polar surface area (TPSA) is 91.6 Å². The van der Waals surface area contributed by atoms with E-state index in [1.165, 1.54) is 0 Å². The molecule has 29 heavy (non-hydrogen) atoms. The molecular formula is C21H27N5O3. The molecule has 1 aliphatic rings. The number of hydrogen-bond acceptors (Lipinski definition) is 6. The maximum absolute atomic E-state index is 13.0. The van der Waals surface area contributed by atoms with Crippen LogP contribution in [0.25, 0.3) is 5.76 Å². The molecule has 0 spiro atoms. The van der Waals surface area contributed by atoms with Gasteiger partial charge in [0.1, 0.15) is 5.76 Å². The van der Waals surface area contributed by atoms with Gasteiger partial charge in [0.2, 0.25) is 0 Å². The lowest BCUT2D eigenvalue weighted by Gasteiger charge is -2.25. The minimum atomic E-state index is -0.670. The first-order chi connectivity index (χ1) is 13.7. The highest BCUT2D eigenvalue weighted by Gasteiger charge is 2.46. The number of likely N-dealkylation sites (tertiary alicyclic amines) is 1. The number of aromatic nitrogens is 3. The van der Waals surface area contributed by atoms with Gasteiger partial charge in [-0.2, -0.15) is 5.10 Å². The monoisotopic (exact) mass is 397 g/mol. The largest absolute Gasteiger partial charge is 0.507 e. The number of pyridine rings is 1. The number of nitrogens with zero attached hydrogens (tertiary/aromatic N) is 5. The van der Waals surface area contributed by atoms with Crippen LogP contribution < -0.4 is 0 Å². The van der Waals surface area contributed by atoms with Gasteiger partial charge in [-0.25, -0.2) is 0 Å². The van der Waals surface area contributed by atoms with Gasteiger partial charge in [-0.3, -0.25) is 19.3 Å². The average molecular weight is 397 g/mol. The smallest absolute Gasteiger partial charge is 0.295 e. The van der Waals surface area contributed by atoms with E-state index in [2.05, 4.69) is 10.1 Å². The number of Topliss-reactive ketones (excluding diaryl/α,β-unsaturated/α-hetero) is 1. The highest BCUT2D eigenvalue weighted by molar-refractivity contribution is 6.46. The molecule has 0 saturated carbocycles. The van der Waals surface area contributed by atoms with E-state index >= 15 is 0 Å². The van der Waals surface area contributed by atoms with Crippen LogP contribution in [-0.4, -0.2) is 68.5 Å². The number of hydrogen-bond donors (Lipinski definition) is 1. The van der Waals surface area contributed by atoms with Crippen molar-refractivity contribution in [3.63, 3.8) is 0 Å². The highest BCUT2D eigenvalue weighted by Crippen LogP contribution is 2.40. The highest BCUT2D eigenvalue weighted by atomic mass is 16.3. The standard InChI is InChI=1S/C21H27N5O3/c1-13-16(14(2)25(5)23-13)19(27)17-18(15-7-9-22-10-8-15)26(21(29)20(17)28)12-6-11-24(3)4/h7-10,18,27H,6,11-12H2,1-5H3/t18-/m0/s1. The second-order valence-corrected chi connectivity index (χ2v) is 7.60. The molecule has 0 radical (unpaired) electrons. The lowest BCUT2D eigenvalue weighted by atomic mass is 9.95. The fourth-order valence-electron chi connectivity index (χ4n) is 3.81. The van der Waals surface area contributed by atoms with Gasteiger partial charge in [-0.05, 0) is 58.6 Å². The Balaban J connectivity index is 2.13. The van der Waals surface area contributed by atoms with Gasteiger partial charge in [0.15, 0.2) is 0 Å². The fourth-order valence-corrected chi connectivity index (χ4v) is 3.81. The zero-order chi connectivity index (χ0) is 21.3. The minimum Gasteiger partial charge on any atom is -0.507 e. The number of ketones is 1. The van der Waals surface area contributed by atoms with E-state index in [4.69, 9.17) is 0 Å². The van der Waals surface area contributed by atoms with Crippen LogP contribution in [0, 0.1) is 13.8 Å². The Bertz CT molecular complexity index is 962. The van der Waals surface area contributed by atoms with Crippen molar-refractivity contribution in [2.24, 2.45) is 7.05 Å². The van der Waals surface area contributed by atoms with E-state index in [0.29, 0.717) is 24.2 Å². The molecule has 8 heteroatoms. The minimum absolute atomic E-state index is 0.102. The SMILES string of the molecule is Cc1nn(C)c(C)c1C(O)=C1C(=O)C(=O)N(CCCN(C)C)[C@H]1c1ccncc1. The van der Waals surface area contributed by atoms with Crippen LogP contribution >= 0.6 is 0 Å². The zero-order valence-electron chi connectivity index (χ0n) is 17.5. The van der Waals surface area contributed by atoms with Gasteiger partial charge in [0, 0.05) is 31.7 Å². The van der Waals surface area contributed by atoms with Crippen molar-refractivity contribution in [3.8, 4) is 0 Å². The summed E-state index contributed by atoms with van der Waals surface area (Å²) in [5.74, 6) is -1.44. The Morgan fingerprint density at radius 3 is 2.41 bits per heavy atom. The van der Waals surface area contributed by atoms with Crippen LogP contribution in [0.1, 0.15) is 35.0 Å². The molecule has 1 aliphatic heterocycles. The van der Waals surface area contributed by atoms with Crippen molar-refractivity contribution in [1.29, 1.82) is 0 Å². The van der Waals surface area contributed by atoms with Gasteiger partial charge >= 0.3 is 0 Å². The predicted molar refractivity (Wildman–Crippen MR) is 109 cm³/mol. The zero-order valence-corrected chi connectivity index (χ0v) is 17.5. The Labute approximate surface area is 170 Å². The van der Waals surface area contributed by atoms with Crippen LogP contribution in [0.2, 0.25) is 0 Å².